The maximum atomic E-state index is 13.0. The summed E-state index contributed by atoms with van der Waals surface area (Å²) in [4.78, 5) is 0. The lowest BCUT2D eigenvalue weighted by Gasteiger charge is -2.05. The summed E-state index contributed by atoms with van der Waals surface area (Å²) in [5.41, 5.74) is 0. The molecule has 0 aliphatic rings. The van der Waals surface area contributed by atoms with E-state index in [0.717, 1.165) is 6.07 Å². The predicted octanol–water partition coefficient (Wildman–Crippen LogP) is 3.99. The molecule has 1 aromatic carbocycles. The molecule has 0 fully saturated rings. The molecule has 82 valence electrons. The number of halogens is 4. The van der Waals surface area contributed by atoms with Gasteiger partial charge < -0.3 is 9.84 Å². The van der Waals surface area contributed by atoms with Crippen molar-refractivity contribution in [3.63, 3.8) is 0 Å². The van der Waals surface area contributed by atoms with Gasteiger partial charge in [-0.15, -0.1) is 0 Å². The molecular weight excluding hydrogens is 310 g/mol. The highest BCUT2D eigenvalue weighted by molar-refractivity contribution is 9.10. The van der Waals surface area contributed by atoms with Crippen molar-refractivity contribution in [3.05, 3.63) is 33.0 Å². The van der Waals surface area contributed by atoms with Crippen LogP contribution in [0.5, 0.6) is 11.5 Å². The third-order valence-electron chi connectivity index (χ3n) is 1.48. The molecule has 0 atom stereocenters. The second-order valence-electron chi connectivity index (χ2n) is 2.54. The van der Waals surface area contributed by atoms with Crippen molar-refractivity contribution in [3.8, 4) is 11.5 Å². The number of hydrogen-bond donors (Lipinski definition) is 1. The van der Waals surface area contributed by atoms with E-state index in [0.29, 0.717) is 0 Å². The molecule has 1 N–H and O–H groups in total. The highest BCUT2D eigenvalue weighted by atomic mass is 79.9. The number of rotatable bonds is 3. The zero-order chi connectivity index (χ0) is 11.4. The van der Waals surface area contributed by atoms with Crippen molar-refractivity contribution in [1.82, 2.24) is 0 Å². The Kier molecular flexibility index (Phi) is 4.70. The van der Waals surface area contributed by atoms with Crippen molar-refractivity contribution in [1.29, 1.82) is 0 Å². The van der Waals surface area contributed by atoms with E-state index < -0.39 is 11.6 Å². The van der Waals surface area contributed by atoms with Crippen LogP contribution in [-0.4, -0.2) is 11.7 Å². The summed E-state index contributed by atoms with van der Waals surface area (Å²) in [6.45, 7) is 0.124. The van der Waals surface area contributed by atoms with E-state index in [1.165, 1.54) is 12.1 Å². The van der Waals surface area contributed by atoms with Gasteiger partial charge >= 0.3 is 0 Å². The molecule has 0 spiro atoms. The molecule has 0 saturated heterocycles. The molecule has 0 aromatic heterocycles. The average molecular weight is 316 g/mol. The summed E-state index contributed by atoms with van der Waals surface area (Å²) in [5.74, 6) is -0.948. The summed E-state index contributed by atoms with van der Waals surface area (Å²) in [6.07, 6.45) is 1.42. The van der Waals surface area contributed by atoms with E-state index in [1.54, 1.807) is 0 Å². The van der Waals surface area contributed by atoms with E-state index in [2.05, 4.69) is 15.9 Å². The van der Waals surface area contributed by atoms with Gasteiger partial charge in [0, 0.05) is 6.07 Å². The number of aromatic hydroxyl groups is 1. The van der Waals surface area contributed by atoms with Gasteiger partial charge in [-0.2, -0.15) is 0 Å². The van der Waals surface area contributed by atoms with Crippen LogP contribution in [0.2, 0.25) is 0 Å². The smallest absolute Gasteiger partial charge is 0.169 e. The molecular formula is C9H6BrCl2FO2. The summed E-state index contributed by atoms with van der Waals surface area (Å²) < 4.78 is 18.4. The summed E-state index contributed by atoms with van der Waals surface area (Å²) in [7, 11) is 0. The van der Waals surface area contributed by atoms with E-state index in [-0.39, 0.29) is 21.3 Å². The largest absolute Gasteiger partial charge is 0.504 e. The molecule has 0 radical (unpaired) electrons. The fourth-order valence-electron chi connectivity index (χ4n) is 0.826. The Morgan fingerprint density at radius 1 is 1.53 bits per heavy atom. The number of phenolic OH excluding ortho intramolecular Hbond substituents is 1. The second-order valence-corrected chi connectivity index (χ2v) is 4.40. The minimum atomic E-state index is -0.764. The lowest BCUT2D eigenvalue weighted by Crippen LogP contribution is -1.94. The van der Waals surface area contributed by atoms with Crippen molar-refractivity contribution >= 4 is 39.1 Å². The van der Waals surface area contributed by atoms with Crippen LogP contribution in [0, 0.1) is 5.82 Å². The third-order valence-corrected chi connectivity index (χ3v) is 2.39. The van der Waals surface area contributed by atoms with E-state index >= 15 is 0 Å². The van der Waals surface area contributed by atoms with Gasteiger partial charge in [0.05, 0.1) is 4.47 Å². The first-order chi connectivity index (χ1) is 7.00. The molecule has 0 heterocycles. The summed E-state index contributed by atoms with van der Waals surface area (Å²) >= 11 is 13.7. The molecule has 1 rings (SSSR count). The normalized spacial score (nSPS) is 9.87. The molecule has 0 unspecified atom stereocenters. The third kappa shape index (κ3) is 3.89. The minimum absolute atomic E-state index is 0.0771. The molecule has 0 amide bonds. The molecule has 2 nitrogen and oxygen atoms in total. The first-order valence-electron chi connectivity index (χ1n) is 3.82. The van der Waals surface area contributed by atoms with Gasteiger partial charge in [0.1, 0.15) is 16.8 Å². The van der Waals surface area contributed by atoms with Crippen molar-refractivity contribution in [2.45, 2.75) is 0 Å². The van der Waals surface area contributed by atoms with E-state index in [1.807, 2.05) is 0 Å². The van der Waals surface area contributed by atoms with Crippen LogP contribution in [0.25, 0.3) is 0 Å². The topological polar surface area (TPSA) is 29.5 Å². The van der Waals surface area contributed by atoms with Gasteiger partial charge in [-0.25, -0.2) is 4.39 Å². The molecule has 0 aliphatic carbocycles. The first-order valence-corrected chi connectivity index (χ1v) is 5.37. The Balaban J connectivity index is 2.75. The Morgan fingerprint density at radius 2 is 2.20 bits per heavy atom. The van der Waals surface area contributed by atoms with Crippen LogP contribution >= 0.6 is 39.1 Å². The van der Waals surface area contributed by atoms with Crippen LogP contribution in [-0.2, 0) is 0 Å². The van der Waals surface area contributed by atoms with Gasteiger partial charge in [0.25, 0.3) is 0 Å². The first kappa shape index (κ1) is 12.6. The zero-order valence-corrected chi connectivity index (χ0v) is 10.4. The van der Waals surface area contributed by atoms with Crippen LogP contribution in [0.15, 0.2) is 27.2 Å². The highest BCUT2D eigenvalue weighted by Gasteiger charge is 2.07. The van der Waals surface area contributed by atoms with Crippen LogP contribution in [0.4, 0.5) is 4.39 Å². The van der Waals surface area contributed by atoms with Crippen LogP contribution in [0.1, 0.15) is 0 Å². The quantitative estimate of drug-likeness (QED) is 0.914. The van der Waals surface area contributed by atoms with Crippen molar-refractivity contribution < 1.29 is 14.2 Å². The van der Waals surface area contributed by atoms with Crippen LogP contribution < -0.4 is 4.74 Å². The second kappa shape index (κ2) is 5.58. The summed E-state index contributed by atoms with van der Waals surface area (Å²) in [5, 5.41) is 9.11. The van der Waals surface area contributed by atoms with Gasteiger partial charge in [0.15, 0.2) is 11.6 Å². The van der Waals surface area contributed by atoms with Gasteiger partial charge in [-0.05, 0) is 28.1 Å². The highest BCUT2D eigenvalue weighted by Crippen LogP contribution is 2.31. The van der Waals surface area contributed by atoms with Gasteiger partial charge in [-0.3, -0.25) is 0 Å². The fourth-order valence-corrected chi connectivity index (χ4v) is 1.37. The molecule has 0 aliphatic heterocycles. The number of benzene rings is 1. The predicted molar refractivity (Wildman–Crippen MR) is 61.0 cm³/mol. The summed E-state index contributed by atoms with van der Waals surface area (Å²) in [6, 6.07) is 2.50. The Morgan fingerprint density at radius 3 is 2.73 bits per heavy atom. The van der Waals surface area contributed by atoms with Crippen molar-refractivity contribution in [2.24, 2.45) is 0 Å². The maximum absolute atomic E-state index is 13.0. The van der Waals surface area contributed by atoms with E-state index in [9.17, 15) is 4.39 Å². The minimum Gasteiger partial charge on any atom is -0.504 e. The average Bonchev–Trinajstić information content (AvgIpc) is 2.13. The Bertz CT molecular complexity index is 369. The maximum Gasteiger partial charge on any atom is 0.169 e. The Labute approximate surface area is 104 Å². The van der Waals surface area contributed by atoms with E-state index in [4.69, 9.17) is 33.0 Å². The lowest BCUT2D eigenvalue weighted by atomic mass is 10.3. The molecule has 0 saturated carbocycles. The van der Waals surface area contributed by atoms with Gasteiger partial charge in [-0.1, -0.05) is 23.2 Å². The number of hydrogen-bond acceptors (Lipinski definition) is 2. The number of ether oxygens (including phenoxy) is 1. The molecule has 15 heavy (non-hydrogen) atoms. The SMILES string of the molecule is Oc1c(F)cc(OCC=C(Cl)Cl)cc1Br. The zero-order valence-electron chi connectivity index (χ0n) is 7.31. The fraction of sp³-hybridized carbons (Fsp3) is 0.111. The molecule has 6 heteroatoms. The monoisotopic (exact) mass is 314 g/mol. The Hall–Kier alpha value is -0.450. The van der Waals surface area contributed by atoms with Crippen molar-refractivity contribution in [2.75, 3.05) is 6.61 Å². The number of phenols is 1. The molecule has 1 aromatic rings. The molecule has 0 bridgehead atoms. The lowest BCUT2D eigenvalue weighted by molar-refractivity contribution is 0.356. The standard InChI is InChI=1S/C9H6BrCl2FO2/c10-6-3-5(4-7(13)9(6)14)15-2-1-8(11)12/h1,3-4,14H,2H2. The van der Waals surface area contributed by atoms with Gasteiger partial charge in [0.2, 0.25) is 0 Å². The van der Waals surface area contributed by atoms with Crippen LogP contribution in [0.3, 0.4) is 0 Å².